The van der Waals surface area contributed by atoms with Crippen molar-refractivity contribution in [2.45, 2.75) is 18.7 Å². The van der Waals surface area contributed by atoms with Gasteiger partial charge in [0, 0.05) is 11.9 Å². The fourth-order valence-corrected chi connectivity index (χ4v) is 3.59. The third-order valence-electron chi connectivity index (χ3n) is 2.62. The van der Waals surface area contributed by atoms with Gasteiger partial charge in [0.15, 0.2) is 0 Å². The number of aromatic nitrogens is 2. The van der Waals surface area contributed by atoms with E-state index in [-0.39, 0.29) is 16.0 Å². The number of sulfonamides is 1. The number of hydrogen-bond donors (Lipinski definition) is 2. The van der Waals surface area contributed by atoms with Gasteiger partial charge in [0.25, 0.3) is 10.0 Å². The summed E-state index contributed by atoms with van der Waals surface area (Å²) in [5.41, 5.74) is 7.34. The highest BCUT2D eigenvalue weighted by molar-refractivity contribution is 7.92. The number of nitrogen functional groups attached to an aromatic ring is 1. The first-order valence-corrected chi connectivity index (χ1v) is 7.54. The average molecular weight is 313 g/mol. The zero-order valence-corrected chi connectivity index (χ0v) is 12.5. The lowest BCUT2D eigenvalue weighted by molar-refractivity contribution is 0.600. The Bertz CT molecular complexity index is 739. The number of nitrogens with two attached hydrogens (primary N) is 1. The van der Waals surface area contributed by atoms with Gasteiger partial charge in [0.1, 0.15) is 5.82 Å². The standard InChI is InChI=1S/C12H13ClN4O2S/c1-7-5-9(14)6-8(2)11(7)20(18,19)17-10-3-4-15-12(13)16-10/h3-6H,14H2,1-2H3,(H,15,16,17). The van der Waals surface area contributed by atoms with Gasteiger partial charge in [-0.1, -0.05) is 0 Å². The van der Waals surface area contributed by atoms with E-state index in [0.29, 0.717) is 16.8 Å². The van der Waals surface area contributed by atoms with Crippen LogP contribution in [0.15, 0.2) is 29.3 Å². The molecule has 0 aliphatic carbocycles. The first-order chi connectivity index (χ1) is 9.29. The first-order valence-electron chi connectivity index (χ1n) is 5.67. The minimum atomic E-state index is -3.76. The molecule has 0 spiro atoms. The summed E-state index contributed by atoms with van der Waals surface area (Å²) in [4.78, 5) is 7.67. The quantitative estimate of drug-likeness (QED) is 0.668. The highest BCUT2D eigenvalue weighted by atomic mass is 35.5. The van der Waals surface area contributed by atoms with Crippen LogP contribution in [0.1, 0.15) is 11.1 Å². The molecule has 0 saturated heterocycles. The summed E-state index contributed by atoms with van der Waals surface area (Å²) in [6.07, 6.45) is 1.37. The Hall–Kier alpha value is -1.86. The van der Waals surface area contributed by atoms with Crippen LogP contribution < -0.4 is 10.5 Å². The molecular weight excluding hydrogens is 300 g/mol. The Balaban J connectivity index is 2.46. The summed E-state index contributed by atoms with van der Waals surface area (Å²) in [6, 6.07) is 4.63. The van der Waals surface area contributed by atoms with Crippen molar-refractivity contribution in [1.29, 1.82) is 0 Å². The molecule has 8 heteroatoms. The van der Waals surface area contributed by atoms with Crippen molar-refractivity contribution >= 4 is 33.1 Å². The van der Waals surface area contributed by atoms with E-state index in [1.54, 1.807) is 26.0 Å². The summed E-state index contributed by atoms with van der Waals surface area (Å²) < 4.78 is 27.2. The van der Waals surface area contributed by atoms with E-state index in [4.69, 9.17) is 17.3 Å². The van der Waals surface area contributed by atoms with Gasteiger partial charge < -0.3 is 5.73 Å². The predicted molar refractivity (Wildman–Crippen MR) is 78.2 cm³/mol. The van der Waals surface area contributed by atoms with Crippen LogP contribution >= 0.6 is 11.6 Å². The number of aryl methyl sites for hydroxylation is 2. The lowest BCUT2D eigenvalue weighted by Gasteiger charge is -2.13. The van der Waals surface area contributed by atoms with Crippen LogP contribution in [0.2, 0.25) is 5.28 Å². The molecule has 2 rings (SSSR count). The maximum Gasteiger partial charge on any atom is 0.263 e. The number of halogens is 1. The highest BCUT2D eigenvalue weighted by Crippen LogP contribution is 2.24. The summed E-state index contributed by atoms with van der Waals surface area (Å²) in [5.74, 6) is 0.112. The average Bonchev–Trinajstić information content (AvgIpc) is 2.25. The van der Waals surface area contributed by atoms with E-state index >= 15 is 0 Å². The first kappa shape index (κ1) is 14.5. The zero-order valence-electron chi connectivity index (χ0n) is 10.9. The fourth-order valence-electron chi connectivity index (χ4n) is 1.99. The van der Waals surface area contributed by atoms with Crippen LogP contribution in [0, 0.1) is 13.8 Å². The van der Waals surface area contributed by atoms with E-state index in [2.05, 4.69) is 14.7 Å². The van der Waals surface area contributed by atoms with Crippen LogP contribution in [0.4, 0.5) is 11.5 Å². The molecule has 106 valence electrons. The summed E-state index contributed by atoms with van der Waals surface area (Å²) in [6.45, 7) is 3.37. The summed E-state index contributed by atoms with van der Waals surface area (Å²) in [7, 11) is -3.76. The molecule has 0 atom stereocenters. The molecule has 0 radical (unpaired) electrons. The third-order valence-corrected chi connectivity index (χ3v) is 4.46. The van der Waals surface area contributed by atoms with Crippen LogP contribution in [0.25, 0.3) is 0 Å². The Morgan fingerprint density at radius 3 is 2.40 bits per heavy atom. The minimum absolute atomic E-state index is 0.0315. The third kappa shape index (κ3) is 3.00. The molecule has 0 aliphatic rings. The fraction of sp³-hybridized carbons (Fsp3) is 0.167. The van der Waals surface area contributed by atoms with Crippen molar-refractivity contribution in [2.75, 3.05) is 10.5 Å². The van der Waals surface area contributed by atoms with Gasteiger partial charge in [-0.3, -0.25) is 4.72 Å². The van der Waals surface area contributed by atoms with E-state index in [1.807, 2.05) is 0 Å². The van der Waals surface area contributed by atoms with E-state index in [1.165, 1.54) is 12.3 Å². The molecule has 2 aromatic rings. The van der Waals surface area contributed by atoms with E-state index in [9.17, 15) is 8.42 Å². The van der Waals surface area contributed by atoms with Crippen molar-refractivity contribution in [1.82, 2.24) is 9.97 Å². The molecule has 1 heterocycles. The molecule has 0 amide bonds. The molecule has 6 nitrogen and oxygen atoms in total. The lowest BCUT2D eigenvalue weighted by atomic mass is 10.1. The maximum atomic E-state index is 12.4. The number of rotatable bonds is 3. The van der Waals surface area contributed by atoms with Crippen LogP contribution in [0.5, 0.6) is 0 Å². The second kappa shape index (κ2) is 5.26. The lowest BCUT2D eigenvalue weighted by Crippen LogP contribution is -2.17. The van der Waals surface area contributed by atoms with Gasteiger partial charge >= 0.3 is 0 Å². The van der Waals surface area contributed by atoms with Crippen molar-refractivity contribution in [3.8, 4) is 0 Å². The van der Waals surface area contributed by atoms with Gasteiger partial charge in [-0.15, -0.1) is 0 Å². The molecule has 0 unspecified atom stereocenters. The summed E-state index contributed by atoms with van der Waals surface area (Å²) >= 11 is 5.63. The Morgan fingerprint density at radius 1 is 1.25 bits per heavy atom. The molecule has 0 saturated carbocycles. The Morgan fingerprint density at radius 2 is 1.85 bits per heavy atom. The molecular formula is C12H13ClN4O2S. The zero-order chi connectivity index (χ0) is 14.9. The van der Waals surface area contributed by atoms with Crippen molar-refractivity contribution in [3.63, 3.8) is 0 Å². The molecule has 20 heavy (non-hydrogen) atoms. The number of anilines is 2. The normalized spacial score (nSPS) is 11.3. The summed E-state index contributed by atoms with van der Waals surface area (Å²) in [5, 5.41) is -0.0315. The molecule has 0 fully saturated rings. The number of benzene rings is 1. The number of hydrogen-bond acceptors (Lipinski definition) is 5. The second-order valence-corrected chi connectivity index (χ2v) is 6.26. The largest absolute Gasteiger partial charge is 0.399 e. The number of nitrogens with one attached hydrogen (secondary N) is 1. The van der Waals surface area contributed by atoms with Crippen LogP contribution in [0.3, 0.4) is 0 Å². The highest BCUT2D eigenvalue weighted by Gasteiger charge is 2.20. The van der Waals surface area contributed by atoms with Crippen molar-refractivity contribution in [3.05, 3.63) is 40.8 Å². The smallest absolute Gasteiger partial charge is 0.263 e. The second-order valence-electron chi connectivity index (χ2n) is 4.30. The van der Waals surface area contributed by atoms with Gasteiger partial charge in [-0.05, 0) is 54.8 Å². The van der Waals surface area contributed by atoms with Gasteiger partial charge in [-0.2, -0.15) is 4.98 Å². The van der Waals surface area contributed by atoms with Crippen molar-refractivity contribution in [2.24, 2.45) is 0 Å². The van der Waals surface area contributed by atoms with Crippen molar-refractivity contribution < 1.29 is 8.42 Å². The maximum absolute atomic E-state index is 12.4. The molecule has 1 aromatic carbocycles. The molecule has 3 N–H and O–H groups in total. The van der Waals surface area contributed by atoms with Gasteiger partial charge in [0.2, 0.25) is 5.28 Å². The molecule has 1 aromatic heterocycles. The van der Waals surface area contributed by atoms with Crippen LogP contribution in [-0.2, 0) is 10.0 Å². The van der Waals surface area contributed by atoms with Gasteiger partial charge in [-0.25, -0.2) is 13.4 Å². The van der Waals surface area contributed by atoms with Crippen LogP contribution in [-0.4, -0.2) is 18.4 Å². The van der Waals surface area contributed by atoms with E-state index < -0.39 is 10.0 Å². The monoisotopic (exact) mass is 312 g/mol. The van der Waals surface area contributed by atoms with E-state index in [0.717, 1.165) is 0 Å². The topological polar surface area (TPSA) is 98.0 Å². The Labute approximate surface area is 122 Å². The Kier molecular flexibility index (Phi) is 3.82. The predicted octanol–water partition coefficient (Wildman–Crippen LogP) is 2.13. The number of nitrogens with zero attached hydrogens (tertiary/aromatic N) is 2. The molecule has 0 bridgehead atoms. The molecule has 0 aliphatic heterocycles. The van der Waals surface area contributed by atoms with Gasteiger partial charge in [0.05, 0.1) is 4.90 Å². The minimum Gasteiger partial charge on any atom is -0.399 e. The SMILES string of the molecule is Cc1cc(N)cc(C)c1S(=O)(=O)Nc1ccnc(Cl)n1.